The number of thiophene rings is 1. The van der Waals surface area contributed by atoms with E-state index in [9.17, 15) is 0 Å². The smallest absolute Gasteiger partial charge is 0.106 e. The summed E-state index contributed by atoms with van der Waals surface area (Å²) in [5, 5.41) is 9.52. The summed E-state index contributed by atoms with van der Waals surface area (Å²) in [5.41, 5.74) is 0. The van der Waals surface area contributed by atoms with E-state index in [1.165, 1.54) is 0 Å². The molecule has 0 aliphatic carbocycles. The number of anilines is 1. The molecule has 0 aromatic carbocycles. The first-order valence-electron chi connectivity index (χ1n) is 3.07. The molecule has 4 heteroatoms. The van der Waals surface area contributed by atoms with E-state index in [1.807, 2.05) is 24.1 Å². The first-order chi connectivity index (χ1) is 5.24. The quantitative estimate of drug-likeness (QED) is 0.731. The van der Waals surface area contributed by atoms with Crippen molar-refractivity contribution in [3.63, 3.8) is 0 Å². The van der Waals surface area contributed by atoms with Crippen LogP contribution in [0.4, 0.5) is 5.00 Å². The highest BCUT2D eigenvalue weighted by Crippen LogP contribution is 2.28. The standard InChI is InChI=1S/C7H7BrN2S/c1-10(5-4-9)7-3-2-6(8)11-7/h2-3H,5H2,1H3. The van der Waals surface area contributed by atoms with Gasteiger partial charge in [0.05, 0.1) is 14.9 Å². The Morgan fingerprint density at radius 2 is 2.45 bits per heavy atom. The van der Waals surface area contributed by atoms with Gasteiger partial charge in [-0.05, 0) is 28.1 Å². The van der Waals surface area contributed by atoms with Crippen molar-refractivity contribution in [2.45, 2.75) is 0 Å². The van der Waals surface area contributed by atoms with Crippen LogP contribution in [0.2, 0.25) is 0 Å². The predicted octanol–water partition coefficient (Wildman–Crippen LogP) is 2.47. The highest BCUT2D eigenvalue weighted by atomic mass is 79.9. The monoisotopic (exact) mass is 230 g/mol. The molecule has 0 saturated heterocycles. The lowest BCUT2D eigenvalue weighted by Gasteiger charge is -2.10. The van der Waals surface area contributed by atoms with Crippen molar-refractivity contribution in [3.05, 3.63) is 15.9 Å². The van der Waals surface area contributed by atoms with E-state index >= 15 is 0 Å². The molecule has 0 fully saturated rings. The molecular formula is C7H7BrN2S. The van der Waals surface area contributed by atoms with Gasteiger partial charge in [-0.1, -0.05) is 0 Å². The maximum absolute atomic E-state index is 8.41. The van der Waals surface area contributed by atoms with Crippen LogP contribution in [0.15, 0.2) is 15.9 Å². The highest BCUT2D eigenvalue weighted by Gasteiger charge is 2.01. The summed E-state index contributed by atoms with van der Waals surface area (Å²) in [6.45, 7) is 0.437. The van der Waals surface area contributed by atoms with Crippen LogP contribution in [0.1, 0.15) is 0 Å². The van der Waals surface area contributed by atoms with E-state index in [0.29, 0.717) is 6.54 Å². The van der Waals surface area contributed by atoms with Gasteiger partial charge in [-0.25, -0.2) is 0 Å². The van der Waals surface area contributed by atoms with Gasteiger partial charge in [0.25, 0.3) is 0 Å². The number of nitrogens with zero attached hydrogens (tertiary/aromatic N) is 2. The van der Waals surface area contributed by atoms with E-state index in [4.69, 9.17) is 5.26 Å². The first-order valence-corrected chi connectivity index (χ1v) is 4.68. The van der Waals surface area contributed by atoms with Gasteiger partial charge < -0.3 is 4.90 Å². The SMILES string of the molecule is CN(CC#N)c1ccc(Br)s1. The number of halogens is 1. The number of hydrogen-bond donors (Lipinski definition) is 0. The fraction of sp³-hybridized carbons (Fsp3) is 0.286. The summed E-state index contributed by atoms with van der Waals surface area (Å²) in [7, 11) is 1.90. The molecule has 0 amide bonds. The van der Waals surface area contributed by atoms with Crippen molar-refractivity contribution in [1.29, 1.82) is 5.26 Å². The summed E-state index contributed by atoms with van der Waals surface area (Å²) in [6.07, 6.45) is 0. The molecule has 0 N–H and O–H groups in total. The van der Waals surface area contributed by atoms with Crippen LogP contribution >= 0.6 is 27.3 Å². The van der Waals surface area contributed by atoms with Crippen molar-refractivity contribution < 1.29 is 0 Å². The van der Waals surface area contributed by atoms with Crippen LogP contribution in [-0.4, -0.2) is 13.6 Å². The molecule has 0 saturated carbocycles. The van der Waals surface area contributed by atoms with Crippen molar-refractivity contribution >= 4 is 32.3 Å². The summed E-state index contributed by atoms with van der Waals surface area (Å²) >= 11 is 4.99. The summed E-state index contributed by atoms with van der Waals surface area (Å²) in [4.78, 5) is 1.91. The minimum Gasteiger partial charge on any atom is -0.353 e. The van der Waals surface area contributed by atoms with Crippen LogP contribution in [-0.2, 0) is 0 Å². The van der Waals surface area contributed by atoms with E-state index in [1.54, 1.807) is 11.3 Å². The van der Waals surface area contributed by atoms with Gasteiger partial charge in [-0.15, -0.1) is 11.3 Å². The average molecular weight is 231 g/mol. The molecule has 0 atom stereocenters. The van der Waals surface area contributed by atoms with Crippen LogP contribution in [0.25, 0.3) is 0 Å². The fourth-order valence-electron chi connectivity index (χ4n) is 0.694. The van der Waals surface area contributed by atoms with Gasteiger partial charge in [-0.3, -0.25) is 0 Å². The first kappa shape index (κ1) is 8.57. The van der Waals surface area contributed by atoms with Crippen LogP contribution in [0.5, 0.6) is 0 Å². The highest BCUT2D eigenvalue weighted by molar-refractivity contribution is 9.11. The van der Waals surface area contributed by atoms with E-state index in [2.05, 4.69) is 22.0 Å². The van der Waals surface area contributed by atoms with Gasteiger partial charge in [0.15, 0.2) is 0 Å². The van der Waals surface area contributed by atoms with Crippen molar-refractivity contribution in [1.82, 2.24) is 0 Å². The molecule has 2 nitrogen and oxygen atoms in total. The molecular weight excluding hydrogens is 224 g/mol. The van der Waals surface area contributed by atoms with Gasteiger partial charge in [-0.2, -0.15) is 5.26 Å². The maximum Gasteiger partial charge on any atom is 0.106 e. The fourth-order valence-corrected chi connectivity index (χ4v) is 2.02. The second kappa shape index (κ2) is 3.74. The van der Waals surface area contributed by atoms with Crippen LogP contribution in [0, 0.1) is 11.3 Å². The van der Waals surface area contributed by atoms with Crippen LogP contribution in [0.3, 0.4) is 0 Å². The Bertz CT molecular complexity index is 276. The minimum absolute atomic E-state index is 0.437. The van der Waals surface area contributed by atoms with Crippen molar-refractivity contribution in [2.24, 2.45) is 0 Å². The molecule has 0 aliphatic rings. The van der Waals surface area contributed by atoms with Gasteiger partial charge in [0.1, 0.15) is 6.54 Å². The molecule has 0 spiro atoms. The summed E-state index contributed by atoms with van der Waals surface area (Å²) in [5.74, 6) is 0. The maximum atomic E-state index is 8.41. The van der Waals surface area contributed by atoms with E-state index in [0.717, 1.165) is 8.79 Å². The molecule has 0 radical (unpaired) electrons. The Morgan fingerprint density at radius 3 is 2.91 bits per heavy atom. The van der Waals surface area contributed by atoms with Crippen LogP contribution < -0.4 is 4.90 Å². The Kier molecular flexibility index (Phi) is 2.92. The topological polar surface area (TPSA) is 27.0 Å². The van der Waals surface area contributed by atoms with Gasteiger partial charge in [0.2, 0.25) is 0 Å². The molecule has 11 heavy (non-hydrogen) atoms. The second-order valence-corrected chi connectivity index (χ2v) is 4.53. The molecule has 1 rings (SSSR count). The third-order valence-corrected chi connectivity index (χ3v) is 2.98. The second-order valence-electron chi connectivity index (χ2n) is 2.09. The molecule has 0 unspecified atom stereocenters. The Balaban J connectivity index is 2.70. The zero-order valence-corrected chi connectivity index (χ0v) is 8.44. The third-order valence-electron chi connectivity index (χ3n) is 1.24. The number of rotatable bonds is 2. The number of hydrogen-bond acceptors (Lipinski definition) is 3. The minimum atomic E-state index is 0.437. The lowest BCUT2D eigenvalue weighted by Crippen LogP contribution is -2.15. The normalized spacial score (nSPS) is 9.18. The Hall–Kier alpha value is -0.530. The molecule has 1 aromatic heterocycles. The van der Waals surface area contributed by atoms with E-state index in [-0.39, 0.29) is 0 Å². The largest absolute Gasteiger partial charge is 0.353 e. The predicted molar refractivity (Wildman–Crippen MR) is 50.9 cm³/mol. The Labute approximate surface area is 78.2 Å². The molecule has 1 heterocycles. The number of nitriles is 1. The summed E-state index contributed by atoms with van der Waals surface area (Å²) < 4.78 is 1.09. The van der Waals surface area contributed by atoms with Gasteiger partial charge in [0, 0.05) is 7.05 Å². The zero-order chi connectivity index (χ0) is 8.27. The molecule has 0 bridgehead atoms. The molecule has 58 valence electrons. The lowest BCUT2D eigenvalue weighted by molar-refractivity contribution is 1.05. The van der Waals surface area contributed by atoms with E-state index < -0.39 is 0 Å². The summed E-state index contributed by atoms with van der Waals surface area (Å²) in [6, 6.07) is 6.06. The van der Waals surface area contributed by atoms with Crippen molar-refractivity contribution in [3.8, 4) is 6.07 Å². The van der Waals surface area contributed by atoms with Gasteiger partial charge >= 0.3 is 0 Å². The average Bonchev–Trinajstić information content (AvgIpc) is 2.36. The van der Waals surface area contributed by atoms with Crippen molar-refractivity contribution in [2.75, 3.05) is 18.5 Å². The Morgan fingerprint density at radius 1 is 1.73 bits per heavy atom. The third kappa shape index (κ3) is 2.21. The molecule has 1 aromatic rings. The zero-order valence-electron chi connectivity index (χ0n) is 6.04. The lowest BCUT2D eigenvalue weighted by atomic mass is 10.5. The molecule has 0 aliphatic heterocycles.